The summed E-state index contributed by atoms with van der Waals surface area (Å²) in [5.41, 5.74) is 0.221. The van der Waals surface area contributed by atoms with Crippen molar-refractivity contribution in [2.75, 3.05) is 0 Å². The zero-order chi connectivity index (χ0) is 17.1. The third-order valence-electron chi connectivity index (χ3n) is 2.50. The van der Waals surface area contributed by atoms with E-state index in [4.69, 9.17) is 20.4 Å². The fraction of sp³-hybridized carbons (Fsp3) is 0.231. The summed E-state index contributed by atoms with van der Waals surface area (Å²) in [4.78, 5) is 4.65. The van der Waals surface area contributed by atoms with E-state index in [2.05, 4.69) is 10.1 Å². The number of benzene rings is 1. The SMILES string of the molecule is CC(=N)S[C](=[Ni])/N=c1/sc(C)nn1Cc1cc(F)c(F)c(F)c1. The van der Waals surface area contributed by atoms with Crippen LogP contribution in [0.25, 0.3) is 0 Å². The molecule has 126 valence electrons. The van der Waals surface area contributed by atoms with Gasteiger partial charge in [-0.05, 0) is 0 Å². The Labute approximate surface area is 145 Å². The number of aryl methyl sites for hydroxylation is 1. The van der Waals surface area contributed by atoms with E-state index in [1.54, 1.807) is 13.8 Å². The van der Waals surface area contributed by atoms with Crippen LogP contribution in [0.1, 0.15) is 17.5 Å². The van der Waals surface area contributed by atoms with Gasteiger partial charge in [0.2, 0.25) is 0 Å². The van der Waals surface area contributed by atoms with Crippen molar-refractivity contribution in [3.63, 3.8) is 0 Å². The van der Waals surface area contributed by atoms with Crippen LogP contribution in [0.5, 0.6) is 0 Å². The molecule has 0 fully saturated rings. The molecule has 1 aromatic heterocycles. The molecule has 0 unspecified atom stereocenters. The normalized spacial score (nSPS) is 11.9. The van der Waals surface area contributed by atoms with Crippen molar-refractivity contribution in [3.05, 3.63) is 45.0 Å². The van der Waals surface area contributed by atoms with Crippen LogP contribution in [-0.4, -0.2) is 18.8 Å². The van der Waals surface area contributed by atoms with Crippen LogP contribution in [-0.2, 0) is 21.6 Å². The van der Waals surface area contributed by atoms with Crippen LogP contribution < -0.4 is 4.80 Å². The van der Waals surface area contributed by atoms with Gasteiger partial charge >= 0.3 is 146 Å². The summed E-state index contributed by atoms with van der Waals surface area (Å²) in [6.07, 6.45) is 0. The van der Waals surface area contributed by atoms with Crippen molar-refractivity contribution < 1.29 is 28.2 Å². The summed E-state index contributed by atoms with van der Waals surface area (Å²) in [5.74, 6) is -4.00. The molecule has 2 rings (SSSR count). The first kappa shape index (κ1) is 18.1. The van der Waals surface area contributed by atoms with Gasteiger partial charge in [-0.15, -0.1) is 0 Å². The van der Waals surface area contributed by atoms with E-state index >= 15 is 0 Å². The molecule has 2 aromatic rings. The molecule has 0 saturated heterocycles. The second-order valence-corrected chi connectivity index (χ2v) is 7.55. The first-order valence-electron chi connectivity index (χ1n) is 6.21. The summed E-state index contributed by atoms with van der Waals surface area (Å²) in [6, 6.07) is 1.84. The van der Waals surface area contributed by atoms with Gasteiger partial charge in [-0.1, -0.05) is 0 Å². The Morgan fingerprint density at radius 2 is 2.00 bits per heavy atom. The van der Waals surface area contributed by atoms with E-state index in [0.29, 0.717) is 14.9 Å². The molecule has 10 heteroatoms. The van der Waals surface area contributed by atoms with E-state index in [0.717, 1.165) is 23.9 Å². The Hall–Kier alpha value is -1.25. The fourth-order valence-electron chi connectivity index (χ4n) is 1.68. The monoisotopic (exact) mass is 402 g/mol. The average molecular weight is 403 g/mol. The molecule has 0 saturated carbocycles. The summed E-state index contributed by atoms with van der Waals surface area (Å²) in [6.45, 7) is 3.38. The Balaban J connectivity index is 2.36. The Morgan fingerprint density at radius 1 is 1.39 bits per heavy atom. The third-order valence-corrected chi connectivity index (χ3v) is 4.33. The predicted molar refractivity (Wildman–Crippen MR) is 81.8 cm³/mol. The first-order valence-corrected chi connectivity index (χ1v) is 8.34. The van der Waals surface area contributed by atoms with Gasteiger partial charge in [-0.3, -0.25) is 0 Å². The van der Waals surface area contributed by atoms with Gasteiger partial charge in [0.25, 0.3) is 0 Å². The fourth-order valence-corrected chi connectivity index (χ4v) is 3.48. The molecule has 0 atom stereocenters. The van der Waals surface area contributed by atoms with E-state index < -0.39 is 17.5 Å². The average Bonchev–Trinajstić information content (AvgIpc) is 2.74. The van der Waals surface area contributed by atoms with Gasteiger partial charge in [0, 0.05) is 0 Å². The number of thioether (sulfide) groups is 1. The van der Waals surface area contributed by atoms with Crippen molar-refractivity contribution in [1.29, 1.82) is 5.41 Å². The van der Waals surface area contributed by atoms with Crippen molar-refractivity contribution in [3.8, 4) is 0 Å². The molecule has 0 bridgehead atoms. The minimum atomic E-state index is -1.50. The third kappa shape index (κ3) is 4.86. The molecular weight excluding hydrogens is 392 g/mol. The molecule has 0 aliphatic carbocycles. The molecule has 0 aliphatic heterocycles. The molecule has 4 nitrogen and oxygen atoms in total. The molecule has 1 heterocycles. The molecule has 0 aliphatic rings. The van der Waals surface area contributed by atoms with Crippen LogP contribution in [0.15, 0.2) is 17.1 Å². The first-order chi connectivity index (χ1) is 10.8. The number of nitrogens with one attached hydrogen (secondary N) is 1. The summed E-state index contributed by atoms with van der Waals surface area (Å²) in [7, 11) is 0. The second kappa shape index (κ2) is 7.55. The van der Waals surface area contributed by atoms with Crippen LogP contribution in [0, 0.1) is 29.8 Å². The van der Waals surface area contributed by atoms with Gasteiger partial charge < -0.3 is 0 Å². The number of hydrogen-bond donors (Lipinski definition) is 1. The zero-order valence-corrected chi connectivity index (χ0v) is 14.6. The van der Waals surface area contributed by atoms with Gasteiger partial charge in [-0.2, -0.15) is 0 Å². The van der Waals surface area contributed by atoms with Crippen molar-refractivity contribution in [2.45, 2.75) is 20.4 Å². The van der Waals surface area contributed by atoms with Crippen molar-refractivity contribution in [2.24, 2.45) is 4.99 Å². The van der Waals surface area contributed by atoms with Gasteiger partial charge in [0.15, 0.2) is 0 Å². The number of hydrogen-bond acceptors (Lipinski definition) is 5. The standard InChI is InChI=1S/C13H11F3N4S2.Ni/c1-7(17)21-6-18-13-20(19-8(2)22-13)5-9-3-10(14)12(16)11(15)4-9;/h3-4,17H,5H2,1-2H3;. The second-order valence-electron chi connectivity index (χ2n) is 4.43. The number of aromatic nitrogens is 2. The van der Waals surface area contributed by atoms with E-state index in [-0.39, 0.29) is 16.1 Å². The Bertz CT molecular complexity index is 821. The molecule has 0 radical (unpaired) electrons. The maximum absolute atomic E-state index is 13.3. The molecule has 0 amide bonds. The molecule has 1 N–H and O–H groups in total. The van der Waals surface area contributed by atoms with Crippen LogP contribution in [0.4, 0.5) is 13.2 Å². The topological polar surface area (TPSA) is 54.0 Å². The van der Waals surface area contributed by atoms with Crippen LogP contribution in [0.2, 0.25) is 0 Å². The van der Waals surface area contributed by atoms with Gasteiger partial charge in [0.05, 0.1) is 0 Å². The van der Waals surface area contributed by atoms with E-state index in [1.807, 2.05) is 0 Å². The molecule has 23 heavy (non-hydrogen) atoms. The molecule has 1 aromatic carbocycles. The predicted octanol–water partition coefficient (Wildman–Crippen LogP) is 2.98. The maximum atomic E-state index is 13.3. The quantitative estimate of drug-likeness (QED) is 0.370. The van der Waals surface area contributed by atoms with E-state index in [1.165, 1.54) is 16.0 Å². The van der Waals surface area contributed by atoms with Gasteiger partial charge in [0.1, 0.15) is 0 Å². The number of rotatable bonds is 4. The Morgan fingerprint density at radius 3 is 2.57 bits per heavy atom. The summed E-state index contributed by atoms with van der Waals surface area (Å²) < 4.78 is 41.3. The van der Waals surface area contributed by atoms with Crippen molar-refractivity contribution >= 4 is 32.1 Å². The number of halogens is 3. The summed E-state index contributed by atoms with van der Waals surface area (Å²) in [5, 5.41) is 12.6. The van der Waals surface area contributed by atoms with E-state index in [9.17, 15) is 13.2 Å². The van der Waals surface area contributed by atoms with Crippen LogP contribution in [0.3, 0.4) is 0 Å². The Kier molecular flexibility index (Phi) is 5.94. The van der Waals surface area contributed by atoms with Gasteiger partial charge in [-0.25, -0.2) is 0 Å². The molecule has 0 spiro atoms. The zero-order valence-electron chi connectivity index (χ0n) is 12.0. The van der Waals surface area contributed by atoms with Crippen molar-refractivity contribution in [1.82, 2.24) is 9.78 Å². The number of nitrogens with zero attached hydrogens (tertiary/aromatic N) is 3. The minimum absolute atomic E-state index is 0.0266. The summed E-state index contributed by atoms with van der Waals surface area (Å²) >= 11 is 7.03. The van der Waals surface area contributed by atoms with Crippen LogP contribution >= 0.6 is 23.1 Å². The molecular formula is C13H11F3N4NiS2.